The molecular weight excluding hydrogens is 476 g/mol. The van der Waals surface area contributed by atoms with E-state index in [9.17, 15) is 0 Å². The first-order valence-electron chi connectivity index (χ1n) is 16.8. The first-order valence-corrected chi connectivity index (χ1v) is 16.8. The number of ether oxygens (including phenoxy) is 2. The molecule has 0 amide bonds. The van der Waals surface area contributed by atoms with Gasteiger partial charge in [-0.3, -0.25) is 0 Å². The molecular formula is C37H60O2. The molecule has 0 unspecified atom stereocenters. The van der Waals surface area contributed by atoms with Crippen molar-refractivity contribution >= 4 is 0 Å². The molecule has 0 heterocycles. The maximum absolute atomic E-state index is 6.25. The van der Waals surface area contributed by atoms with E-state index in [1.165, 1.54) is 127 Å². The Kier molecular flexibility index (Phi) is 20.4. The van der Waals surface area contributed by atoms with Crippen molar-refractivity contribution in [2.45, 2.75) is 149 Å². The predicted molar refractivity (Wildman–Crippen MR) is 170 cm³/mol. The molecule has 0 atom stereocenters. The summed E-state index contributed by atoms with van der Waals surface area (Å²) in [7, 11) is 0. The highest BCUT2D eigenvalue weighted by molar-refractivity contribution is 5.42. The Bertz CT molecular complexity index is 747. The molecule has 0 saturated heterocycles. The van der Waals surface area contributed by atoms with Gasteiger partial charge in [-0.15, -0.1) is 0 Å². The van der Waals surface area contributed by atoms with Crippen LogP contribution in [0.1, 0.15) is 153 Å². The van der Waals surface area contributed by atoms with Crippen molar-refractivity contribution in [3.63, 3.8) is 0 Å². The first kappa shape index (κ1) is 33.2. The van der Waals surface area contributed by atoms with Crippen LogP contribution >= 0.6 is 0 Å². The number of hydrogen-bond acceptors (Lipinski definition) is 2. The van der Waals surface area contributed by atoms with Crippen LogP contribution < -0.4 is 9.47 Å². The molecule has 2 aromatic carbocycles. The van der Waals surface area contributed by atoms with Crippen molar-refractivity contribution < 1.29 is 9.47 Å². The first-order chi connectivity index (χ1) is 19.3. The molecule has 0 spiro atoms. The molecule has 0 aliphatic rings. The number of para-hydroxylation sites is 2. The van der Waals surface area contributed by atoms with Crippen LogP contribution in [0, 0.1) is 0 Å². The van der Waals surface area contributed by atoms with Crippen molar-refractivity contribution in [1.29, 1.82) is 0 Å². The number of hydrogen-bond donors (Lipinski definition) is 0. The van der Waals surface area contributed by atoms with E-state index in [1.807, 2.05) is 0 Å². The second kappa shape index (κ2) is 23.9. The Balaban J connectivity index is 1.64. The van der Waals surface area contributed by atoms with Crippen molar-refractivity contribution in [3.05, 3.63) is 59.7 Å². The van der Waals surface area contributed by atoms with Crippen LogP contribution in [0.25, 0.3) is 0 Å². The number of benzene rings is 2. The maximum Gasteiger partial charge on any atom is 0.122 e. The van der Waals surface area contributed by atoms with Gasteiger partial charge in [-0.2, -0.15) is 0 Å². The molecule has 0 aromatic heterocycles. The van der Waals surface area contributed by atoms with Crippen molar-refractivity contribution in [2.75, 3.05) is 13.2 Å². The lowest BCUT2D eigenvalue weighted by atomic mass is 10.0. The minimum atomic E-state index is 0.810. The van der Waals surface area contributed by atoms with E-state index in [-0.39, 0.29) is 0 Å². The van der Waals surface area contributed by atoms with Crippen LogP contribution in [-0.4, -0.2) is 13.2 Å². The van der Waals surface area contributed by atoms with E-state index in [0.29, 0.717) is 0 Å². The Morgan fingerprint density at radius 2 is 0.692 bits per heavy atom. The van der Waals surface area contributed by atoms with Crippen LogP contribution in [0.3, 0.4) is 0 Å². The van der Waals surface area contributed by atoms with Crippen LogP contribution in [0.5, 0.6) is 11.5 Å². The molecule has 2 aromatic rings. The minimum Gasteiger partial charge on any atom is -0.493 e. The van der Waals surface area contributed by atoms with Crippen LogP contribution in [-0.2, 0) is 6.42 Å². The zero-order valence-electron chi connectivity index (χ0n) is 25.7. The maximum atomic E-state index is 6.25. The van der Waals surface area contributed by atoms with Crippen molar-refractivity contribution in [1.82, 2.24) is 0 Å². The molecule has 0 saturated carbocycles. The normalized spacial score (nSPS) is 11.1. The highest BCUT2D eigenvalue weighted by Gasteiger charge is 2.09. The summed E-state index contributed by atoms with van der Waals surface area (Å²) in [6, 6.07) is 17.1. The largest absolute Gasteiger partial charge is 0.493 e. The van der Waals surface area contributed by atoms with Crippen molar-refractivity contribution in [2.24, 2.45) is 0 Å². The Morgan fingerprint density at radius 3 is 1.05 bits per heavy atom. The van der Waals surface area contributed by atoms with Gasteiger partial charge in [0.25, 0.3) is 0 Å². The summed E-state index contributed by atoms with van der Waals surface area (Å²) in [6.07, 6.45) is 27.8. The zero-order chi connectivity index (χ0) is 27.6. The van der Waals surface area contributed by atoms with Gasteiger partial charge in [0, 0.05) is 6.42 Å². The van der Waals surface area contributed by atoms with Crippen LogP contribution in [0.2, 0.25) is 0 Å². The predicted octanol–water partition coefficient (Wildman–Crippen LogP) is 11.9. The van der Waals surface area contributed by atoms with Gasteiger partial charge in [0.1, 0.15) is 11.5 Å². The molecule has 0 bridgehead atoms. The average Bonchev–Trinajstić information content (AvgIpc) is 2.96. The van der Waals surface area contributed by atoms with Gasteiger partial charge in [0.05, 0.1) is 13.2 Å². The molecule has 220 valence electrons. The van der Waals surface area contributed by atoms with E-state index >= 15 is 0 Å². The number of unbranched alkanes of at least 4 members (excludes halogenated alkanes) is 18. The second-order valence-corrected chi connectivity index (χ2v) is 11.5. The fourth-order valence-corrected chi connectivity index (χ4v) is 5.33. The van der Waals surface area contributed by atoms with Crippen LogP contribution in [0.15, 0.2) is 48.5 Å². The fraction of sp³-hybridized carbons (Fsp3) is 0.676. The Morgan fingerprint density at radius 1 is 0.385 bits per heavy atom. The van der Waals surface area contributed by atoms with Gasteiger partial charge >= 0.3 is 0 Å². The number of rotatable bonds is 26. The van der Waals surface area contributed by atoms with Gasteiger partial charge in [0.2, 0.25) is 0 Å². The van der Waals surface area contributed by atoms with Crippen molar-refractivity contribution in [3.8, 4) is 11.5 Å². The third-order valence-corrected chi connectivity index (χ3v) is 7.84. The Labute approximate surface area is 242 Å². The topological polar surface area (TPSA) is 18.5 Å². The smallest absolute Gasteiger partial charge is 0.122 e. The van der Waals surface area contributed by atoms with E-state index < -0.39 is 0 Å². The second-order valence-electron chi connectivity index (χ2n) is 11.5. The lowest BCUT2D eigenvalue weighted by Gasteiger charge is -2.14. The molecule has 0 N–H and O–H groups in total. The molecule has 0 aliphatic heterocycles. The van der Waals surface area contributed by atoms with E-state index in [0.717, 1.165) is 44.0 Å². The standard InChI is InChI=1S/C37H60O2/c1-3-5-7-9-11-13-15-17-19-25-31-38-36-29-23-21-27-34(36)33-35-28-22-24-30-37(35)39-32-26-20-18-16-14-12-10-8-6-4-2/h21-24,27-30H,3-20,25-26,31-33H2,1-2H3. The third kappa shape index (κ3) is 16.7. The molecule has 0 aliphatic carbocycles. The molecule has 0 fully saturated rings. The van der Waals surface area contributed by atoms with Gasteiger partial charge < -0.3 is 9.47 Å². The third-order valence-electron chi connectivity index (χ3n) is 7.84. The van der Waals surface area contributed by atoms with Gasteiger partial charge in [-0.05, 0) is 36.1 Å². The van der Waals surface area contributed by atoms with E-state index in [4.69, 9.17) is 9.47 Å². The average molecular weight is 537 g/mol. The quantitative estimate of drug-likeness (QED) is 0.111. The summed E-state index contributed by atoms with van der Waals surface area (Å²) in [6.45, 7) is 6.19. The lowest BCUT2D eigenvalue weighted by molar-refractivity contribution is 0.298. The van der Waals surface area contributed by atoms with Gasteiger partial charge in [-0.25, -0.2) is 0 Å². The summed E-state index contributed by atoms with van der Waals surface area (Å²) < 4.78 is 12.5. The van der Waals surface area contributed by atoms with E-state index in [2.05, 4.69) is 62.4 Å². The molecule has 2 nitrogen and oxygen atoms in total. The summed E-state index contributed by atoms with van der Waals surface area (Å²) in [5, 5.41) is 0. The van der Waals surface area contributed by atoms with Gasteiger partial charge in [-0.1, -0.05) is 166 Å². The molecule has 2 rings (SSSR count). The monoisotopic (exact) mass is 536 g/mol. The Hall–Kier alpha value is -1.96. The summed E-state index contributed by atoms with van der Waals surface area (Å²) in [5.41, 5.74) is 2.50. The fourth-order valence-electron chi connectivity index (χ4n) is 5.33. The minimum absolute atomic E-state index is 0.810. The zero-order valence-corrected chi connectivity index (χ0v) is 25.7. The highest BCUT2D eigenvalue weighted by Crippen LogP contribution is 2.27. The molecule has 2 heteroatoms. The highest BCUT2D eigenvalue weighted by atomic mass is 16.5. The summed E-state index contributed by atoms with van der Waals surface area (Å²) in [5.74, 6) is 2.05. The van der Waals surface area contributed by atoms with Gasteiger partial charge in [0.15, 0.2) is 0 Å². The molecule has 0 radical (unpaired) electrons. The van der Waals surface area contributed by atoms with Crippen LogP contribution in [0.4, 0.5) is 0 Å². The van der Waals surface area contributed by atoms with E-state index in [1.54, 1.807) is 0 Å². The summed E-state index contributed by atoms with van der Waals surface area (Å²) in [4.78, 5) is 0. The lowest BCUT2D eigenvalue weighted by Crippen LogP contribution is -2.03. The SMILES string of the molecule is CCCCCCCCCCCCOc1ccccc1Cc1ccccc1OCCCCCCCCCCCC. The molecule has 39 heavy (non-hydrogen) atoms. The summed E-state index contributed by atoms with van der Waals surface area (Å²) >= 11 is 0.